The molecule has 1 unspecified atom stereocenters. The van der Waals surface area contributed by atoms with Crippen molar-refractivity contribution in [1.29, 1.82) is 0 Å². The van der Waals surface area contributed by atoms with Crippen LogP contribution in [0.4, 0.5) is 28.4 Å². The third kappa shape index (κ3) is 8.25. The Morgan fingerprint density at radius 3 is 1.06 bits per heavy atom. The molecule has 0 amide bonds. The number of fused-ring (bicyclic) bond motifs is 6. The molecule has 13 rings (SSSR count). The molecule has 0 fully saturated rings. The molecule has 2 nitrogen and oxygen atoms in total. The van der Waals surface area contributed by atoms with Crippen LogP contribution in [0.15, 0.2) is 242 Å². The van der Waals surface area contributed by atoms with E-state index in [2.05, 4.69) is 296 Å². The van der Waals surface area contributed by atoms with Gasteiger partial charge in [0.05, 0.1) is 5.41 Å². The Balaban J connectivity index is 0.924. The maximum atomic E-state index is 2.58. The third-order valence-electron chi connectivity index (χ3n) is 17.3. The molecular formula is C76H66N2. The topological polar surface area (TPSA) is 6.48 Å². The third-order valence-corrected chi connectivity index (χ3v) is 17.3. The molecule has 0 aliphatic heterocycles. The zero-order valence-electron chi connectivity index (χ0n) is 46.2. The lowest BCUT2D eigenvalue weighted by Crippen LogP contribution is -2.29. The summed E-state index contributed by atoms with van der Waals surface area (Å²) in [6, 6.07) is 83.3. The SMILES string of the molecule is CC1=CC=C(N(c2ccc(C)cc2)c2ccc(-c3ccc(C4(c5ccc(-c6ccc(N(c7ccc(C)cc7)c7ccc(C)cc7)cc6)cc5)c5cc(C)ccc5-c5cc6c(cc54)-c4ccc(C)cc4C6(C)C)cc3)cc2)CC1. The second-order valence-electron chi connectivity index (χ2n) is 23.0. The molecule has 3 aliphatic carbocycles. The summed E-state index contributed by atoms with van der Waals surface area (Å²) in [6.45, 7) is 18.0. The van der Waals surface area contributed by atoms with Crippen molar-refractivity contribution in [2.45, 2.75) is 79.1 Å². The number of benzene rings is 10. The lowest BCUT2D eigenvalue weighted by atomic mass is 9.66. The van der Waals surface area contributed by atoms with Gasteiger partial charge in [-0.1, -0.05) is 199 Å². The van der Waals surface area contributed by atoms with Crippen LogP contribution in [0.5, 0.6) is 0 Å². The van der Waals surface area contributed by atoms with Crippen LogP contribution >= 0.6 is 0 Å². The summed E-state index contributed by atoms with van der Waals surface area (Å²) >= 11 is 0. The molecule has 10 aromatic carbocycles. The van der Waals surface area contributed by atoms with E-state index in [1.165, 1.54) is 128 Å². The van der Waals surface area contributed by atoms with Crippen LogP contribution in [0, 0.1) is 34.6 Å². The highest BCUT2D eigenvalue weighted by molar-refractivity contribution is 5.93. The molecule has 0 bridgehead atoms. The molecule has 1 atom stereocenters. The number of hydrogen-bond donors (Lipinski definition) is 0. The van der Waals surface area contributed by atoms with Crippen LogP contribution in [0.2, 0.25) is 0 Å². The molecule has 0 N–H and O–H groups in total. The molecule has 0 aromatic heterocycles. The highest BCUT2D eigenvalue weighted by atomic mass is 15.2. The van der Waals surface area contributed by atoms with Crippen molar-refractivity contribution in [3.05, 3.63) is 303 Å². The summed E-state index contributed by atoms with van der Waals surface area (Å²) in [5.41, 5.74) is 32.2. The van der Waals surface area contributed by atoms with E-state index >= 15 is 0 Å². The minimum Gasteiger partial charge on any atom is -0.314 e. The van der Waals surface area contributed by atoms with Crippen molar-refractivity contribution in [1.82, 2.24) is 0 Å². The normalized spacial score (nSPS) is 15.6. The Bertz CT molecular complexity index is 3940. The molecule has 2 heteroatoms. The van der Waals surface area contributed by atoms with Gasteiger partial charge in [0, 0.05) is 39.5 Å². The highest BCUT2D eigenvalue weighted by Crippen LogP contribution is 2.60. The van der Waals surface area contributed by atoms with Crippen molar-refractivity contribution in [2.75, 3.05) is 9.80 Å². The first-order chi connectivity index (χ1) is 37.8. The van der Waals surface area contributed by atoms with Gasteiger partial charge in [0.25, 0.3) is 0 Å². The summed E-state index contributed by atoms with van der Waals surface area (Å²) in [7, 11) is 0. The van der Waals surface area contributed by atoms with Gasteiger partial charge in [-0.15, -0.1) is 0 Å². The molecule has 78 heavy (non-hydrogen) atoms. The standard InChI is InChI=1S/C76H66N2/c1-49-9-31-61(32-10-49)77(62-33-11-50(2)12-34-62)65-39-23-57(24-40-65)55-19-27-59(28-20-55)76(73-46-54(6)18-44-68(73)70-47-72-69(48-74(70)76)67-43-17-53(5)45-71(67)75(72,7)8)60-29-21-56(22-30-60)58-25-41-66(42-26-58)78(63-35-13-51(3)14-36-63)64-37-15-52(4)16-38-64/h9-15,17-37,39-48H,16,38H2,1-8H3. The molecule has 0 saturated heterocycles. The summed E-state index contributed by atoms with van der Waals surface area (Å²) in [4.78, 5) is 4.78. The van der Waals surface area contributed by atoms with Crippen molar-refractivity contribution in [2.24, 2.45) is 0 Å². The van der Waals surface area contributed by atoms with Gasteiger partial charge in [0.15, 0.2) is 0 Å². The van der Waals surface area contributed by atoms with Gasteiger partial charge in [-0.05, 0) is 211 Å². The zero-order chi connectivity index (χ0) is 53.5. The van der Waals surface area contributed by atoms with E-state index in [-0.39, 0.29) is 5.41 Å². The Morgan fingerprint density at radius 1 is 0.295 bits per heavy atom. The van der Waals surface area contributed by atoms with E-state index in [9.17, 15) is 0 Å². The van der Waals surface area contributed by atoms with Crippen molar-refractivity contribution in [3.63, 3.8) is 0 Å². The first kappa shape index (κ1) is 48.9. The molecule has 0 radical (unpaired) electrons. The molecule has 3 aliphatic rings. The zero-order valence-corrected chi connectivity index (χ0v) is 46.2. The summed E-state index contributed by atoms with van der Waals surface area (Å²) in [5.74, 6) is 0. The average molecular weight is 1010 g/mol. The maximum Gasteiger partial charge on any atom is 0.0713 e. The first-order valence-corrected chi connectivity index (χ1v) is 27.8. The van der Waals surface area contributed by atoms with Gasteiger partial charge in [-0.2, -0.15) is 0 Å². The smallest absolute Gasteiger partial charge is 0.0713 e. The number of rotatable bonds is 10. The number of nitrogens with zero attached hydrogens (tertiary/aromatic N) is 2. The van der Waals surface area contributed by atoms with Crippen molar-refractivity contribution in [3.8, 4) is 44.5 Å². The van der Waals surface area contributed by atoms with E-state index in [0.717, 1.165) is 29.9 Å². The second-order valence-corrected chi connectivity index (χ2v) is 23.0. The highest BCUT2D eigenvalue weighted by Gasteiger charge is 2.48. The summed E-state index contributed by atoms with van der Waals surface area (Å²) < 4.78 is 0. The maximum absolute atomic E-state index is 2.58. The molecule has 10 aromatic rings. The molecular weight excluding hydrogens is 941 g/mol. The first-order valence-electron chi connectivity index (χ1n) is 27.8. The van der Waals surface area contributed by atoms with E-state index in [1.807, 2.05) is 0 Å². The fourth-order valence-electron chi connectivity index (χ4n) is 12.9. The van der Waals surface area contributed by atoms with Gasteiger partial charge < -0.3 is 9.80 Å². The Labute approximate surface area is 462 Å². The van der Waals surface area contributed by atoms with E-state index in [4.69, 9.17) is 0 Å². The lowest BCUT2D eigenvalue weighted by molar-refractivity contribution is 0.659. The predicted octanol–water partition coefficient (Wildman–Crippen LogP) is 20.5. The minimum atomic E-state index is -0.592. The molecule has 380 valence electrons. The monoisotopic (exact) mass is 1010 g/mol. The predicted molar refractivity (Wildman–Crippen MR) is 330 cm³/mol. The van der Waals surface area contributed by atoms with Crippen LogP contribution in [-0.2, 0) is 10.8 Å². The quantitative estimate of drug-likeness (QED) is 0.135. The van der Waals surface area contributed by atoms with Crippen LogP contribution in [0.25, 0.3) is 44.5 Å². The van der Waals surface area contributed by atoms with Gasteiger partial charge in [-0.25, -0.2) is 0 Å². The van der Waals surface area contributed by atoms with Crippen molar-refractivity contribution < 1.29 is 0 Å². The van der Waals surface area contributed by atoms with Crippen molar-refractivity contribution >= 4 is 28.4 Å². The average Bonchev–Trinajstić information content (AvgIpc) is 4.11. The van der Waals surface area contributed by atoms with Crippen LogP contribution < -0.4 is 9.80 Å². The van der Waals surface area contributed by atoms with Gasteiger partial charge in [0.1, 0.15) is 0 Å². The van der Waals surface area contributed by atoms with Gasteiger partial charge in [0.2, 0.25) is 0 Å². The molecule has 0 saturated carbocycles. The van der Waals surface area contributed by atoms with Crippen LogP contribution in [-0.4, -0.2) is 0 Å². The molecule has 0 spiro atoms. The van der Waals surface area contributed by atoms with E-state index in [0.29, 0.717) is 0 Å². The van der Waals surface area contributed by atoms with Crippen LogP contribution in [0.1, 0.15) is 94.8 Å². The fourth-order valence-corrected chi connectivity index (χ4v) is 12.9. The number of aryl methyl sites for hydroxylation is 5. The summed E-state index contributed by atoms with van der Waals surface area (Å²) in [5, 5.41) is 0. The second kappa shape index (κ2) is 19.1. The lowest BCUT2D eigenvalue weighted by Gasteiger charge is -2.35. The molecule has 0 heterocycles. The van der Waals surface area contributed by atoms with Gasteiger partial charge >= 0.3 is 0 Å². The van der Waals surface area contributed by atoms with E-state index in [1.54, 1.807) is 0 Å². The summed E-state index contributed by atoms with van der Waals surface area (Å²) in [6.07, 6.45) is 6.66. The largest absolute Gasteiger partial charge is 0.314 e. The Morgan fingerprint density at radius 2 is 0.628 bits per heavy atom. The van der Waals surface area contributed by atoms with Crippen LogP contribution in [0.3, 0.4) is 0 Å². The van der Waals surface area contributed by atoms with E-state index < -0.39 is 5.41 Å². The minimum absolute atomic E-state index is 0.131. The Kier molecular flexibility index (Phi) is 12.0. The van der Waals surface area contributed by atoms with Gasteiger partial charge in [-0.3, -0.25) is 0 Å². The Hall–Kier alpha value is -8.72. The fraction of sp³-hybridized carbons (Fsp3) is 0.158. The number of hydrogen-bond acceptors (Lipinski definition) is 2. The number of allylic oxidation sites excluding steroid dienone is 4. The number of anilines is 5.